The normalized spacial score (nSPS) is 12.4. The summed E-state index contributed by atoms with van der Waals surface area (Å²) in [6, 6.07) is 24.9. The third-order valence-corrected chi connectivity index (χ3v) is 7.41. The highest BCUT2D eigenvalue weighted by Crippen LogP contribution is 2.29. The second-order valence-electron chi connectivity index (χ2n) is 10.9. The van der Waals surface area contributed by atoms with Gasteiger partial charge < -0.3 is 26.4 Å². The number of rotatable bonds is 14. The van der Waals surface area contributed by atoms with Crippen molar-refractivity contribution >= 4 is 17.7 Å². The van der Waals surface area contributed by atoms with Crippen LogP contribution in [-0.4, -0.2) is 36.4 Å². The largest absolute Gasteiger partial charge is 0.494 e. The molecule has 8 nitrogen and oxygen atoms in total. The first-order valence-corrected chi connectivity index (χ1v) is 15.2. The van der Waals surface area contributed by atoms with E-state index >= 15 is 0 Å². The standard InChI is InChI=1S/C36H37F3N4O4/c1-2-47-30-18-14-25(15-19-30)21-32(42-33(44)28-6-4-3-5-7-28)35(46)43-31(20-24-12-16-29(17-13-24)36(37,38)39)34(45)41-23-27-10-8-26(22-40)9-11-27/h3-19,31-32H,2,20-23,40H2,1H3,(H,41,45)(H,42,44)(H,43,46)/t31-,32+/m0/s1. The average molecular weight is 647 g/mol. The van der Waals surface area contributed by atoms with Gasteiger partial charge in [0.1, 0.15) is 17.8 Å². The molecule has 0 heterocycles. The highest BCUT2D eigenvalue weighted by atomic mass is 19.4. The van der Waals surface area contributed by atoms with Gasteiger partial charge in [-0.15, -0.1) is 0 Å². The summed E-state index contributed by atoms with van der Waals surface area (Å²) in [6.07, 6.45) is -4.52. The van der Waals surface area contributed by atoms with Crippen molar-refractivity contribution in [1.29, 1.82) is 0 Å². The van der Waals surface area contributed by atoms with Crippen LogP contribution in [0.25, 0.3) is 0 Å². The van der Waals surface area contributed by atoms with E-state index < -0.39 is 41.5 Å². The number of carbonyl (C=O) groups excluding carboxylic acids is 3. The molecule has 4 aromatic rings. The molecule has 3 amide bonds. The zero-order valence-electron chi connectivity index (χ0n) is 25.8. The molecule has 0 aliphatic rings. The van der Waals surface area contributed by atoms with Crippen molar-refractivity contribution in [1.82, 2.24) is 16.0 Å². The van der Waals surface area contributed by atoms with E-state index in [4.69, 9.17) is 10.5 Å². The molecular weight excluding hydrogens is 609 g/mol. The Balaban J connectivity index is 1.57. The van der Waals surface area contributed by atoms with Crippen molar-refractivity contribution in [2.24, 2.45) is 5.73 Å². The Kier molecular flexibility index (Phi) is 12.1. The Morgan fingerprint density at radius 1 is 0.702 bits per heavy atom. The Morgan fingerprint density at radius 3 is 1.79 bits per heavy atom. The predicted molar refractivity (Wildman–Crippen MR) is 172 cm³/mol. The van der Waals surface area contributed by atoms with E-state index in [-0.39, 0.29) is 19.4 Å². The number of ether oxygens (including phenoxy) is 1. The Morgan fingerprint density at radius 2 is 1.23 bits per heavy atom. The van der Waals surface area contributed by atoms with Crippen molar-refractivity contribution in [3.05, 3.63) is 137 Å². The van der Waals surface area contributed by atoms with Gasteiger partial charge in [0, 0.05) is 31.5 Å². The second kappa shape index (κ2) is 16.4. The van der Waals surface area contributed by atoms with Gasteiger partial charge in [-0.25, -0.2) is 0 Å². The number of hydrogen-bond donors (Lipinski definition) is 4. The topological polar surface area (TPSA) is 123 Å². The molecule has 0 bridgehead atoms. The van der Waals surface area contributed by atoms with Crippen LogP contribution >= 0.6 is 0 Å². The minimum Gasteiger partial charge on any atom is -0.494 e. The number of hydrogen-bond acceptors (Lipinski definition) is 5. The van der Waals surface area contributed by atoms with Gasteiger partial charge in [0.25, 0.3) is 5.91 Å². The lowest BCUT2D eigenvalue weighted by Crippen LogP contribution is -2.55. The van der Waals surface area contributed by atoms with Crippen molar-refractivity contribution in [3.63, 3.8) is 0 Å². The summed E-state index contributed by atoms with van der Waals surface area (Å²) in [4.78, 5) is 40.5. The van der Waals surface area contributed by atoms with E-state index in [0.29, 0.717) is 30.0 Å². The molecule has 0 spiro atoms. The molecular formula is C36H37F3N4O4. The zero-order valence-corrected chi connectivity index (χ0v) is 25.8. The Labute approximate surface area is 271 Å². The summed E-state index contributed by atoms with van der Waals surface area (Å²) in [5.41, 5.74) is 8.03. The lowest BCUT2D eigenvalue weighted by molar-refractivity contribution is -0.137. The summed E-state index contributed by atoms with van der Waals surface area (Å²) < 4.78 is 45.0. The molecule has 47 heavy (non-hydrogen) atoms. The molecule has 0 saturated heterocycles. The summed E-state index contributed by atoms with van der Waals surface area (Å²) in [6.45, 7) is 2.86. The van der Waals surface area contributed by atoms with Crippen LogP contribution in [0.3, 0.4) is 0 Å². The van der Waals surface area contributed by atoms with E-state index in [2.05, 4.69) is 16.0 Å². The number of nitrogens with one attached hydrogen (secondary N) is 3. The van der Waals surface area contributed by atoms with Crippen molar-refractivity contribution in [2.45, 2.75) is 51.1 Å². The zero-order chi connectivity index (χ0) is 33.8. The maximum Gasteiger partial charge on any atom is 0.416 e. The molecule has 0 aliphatic heterocycles. The van der Waals surface area contributed by atoms with Gasteiger partial charge in [-0.3, -0.25) is 14.4 Å². The average Bonchev–Trinajstić information content (AvgIpc) is 3.08. The summed E-state index contributed by atoms with van der Waals surface area (Å²) in [5, 5.41) is 8.32. The van der Waals surface area contributed by atoms with Gasteiger partial charge in [0.05, 0.1) is 12.2 Å². The summed E-state index contributed by atoms with van der Waals surface area (Å²) in [5.74, 6) is -1.02. The number of nitrogens with two attached hydrogens (primary N) is 1. The van der Waals surface area contributed by atoms with Gasteiger partial charge in [0.15, 0.2) is 0 Å². The van der Waals surface area contributed by atoms with Crippen LogP contribution in [0.5, 0.6) is 5.75 Å². The smallest absolute Gasteiger partial charge is 0.416 e. The first-order valence-electron chi connectivity index (χ1n) is 15.2. The van der Waals surface area contributed by atoms with Crippen LogP contribution in [0.2, 0.25) is 0 Å². The molecule has 0 saturated carbocycles. The second-order valence-corrected chi connectivity index (χ2v) is 10.9. The highest BCUT2D eigenvalue weighted by Gasteiger charge is 2.31. The fourth-order valence-electron chi connectivity index (χ4n) is 4.82. The van der Waals surface area contributed by atoms with Crippen molar-refractivity contribution in [2.75, 3.05) is 6.61 Å². The molecule has 5 N–H and O–H groups in total. The molecule has 11 heteroatoms. The number of carbonyl (C=O) groups is 3. The minimum atomic E-state index is -4.52. The van der Waals surface area contributed by atoms with Gasteiger partial charge in [-0.2, -0.15) is 13.2 Å². The molecule has 0 radical (unpaired) electrons. The molecule has 0 fully saturated rings. The SMILES string of the molecule is CCOc1ccc(C[C@@H](NC(=O)c2ccccc2)C(=O)N[C@@H](Cc2ccc(C(F)(F)F)cc2)C(=O)NCc2ccc(CN)cc2)cc1. The molecule has 0 aromatic heterocycles. The van der Waals surface area contributed by atoms with E-state index in [0.717, 1.165) is 28.8 Å². The maximum atomic E-state index is 13.8. The third kappa shape index (κ3) is 10.4. The van der Waals surface area contributed by atoms with Crippen LogP contribution in [0, 0.1) is 0 Å². The van der Waals surface area contributed by atoms with E-state index in [1.807, 2.05) is 31.2 Å². The first-order chi connectivity index (χ1) is 22.5. The molecule has 4 aromatic carbocycles. The maximum absolute atomic E-state index is 13.8. The Bertz CT molecular complexity index is 1610. The number of alkyl halides is 3. The molecule has 0 unspecified atom stereocenters. The minimum absolute atomic E-state index is 0.0930. The Hall–Kier alpha value is -5.16. The van der Waals surface area contributed by atoms with Crippen LogP contribution in [0.4, 0.5) is 13.2 Å². The fourth-order valence-corrected chi connectivity index (χ4v) is 4.82. The van der Waals surface area contributed by atoms with Gasteiger partial charge in [-0.05, 0) is 65.6 Å². The molecule has 2 atom stereocenters. The molecule has 4 rings (SSSR count). The number of halogens is 3. The van der Waals surface area contributed by atoms with Crippen molar-refractivity contribution < 1.29 is 32.3 Å². The van der Waals surface area contributed by atoms with Crippen LogP contribution < -0.4 is 26.4 Å². The van der Waals surface area contributed by atoms with Crippen LogP contribution in [0.1, 0.15) is 45.1 Å². The van der Waals surface area contributed by atoms with Crippen LogP contribution in [-0.2, 0) is 41.7 Å². The van der Waals surface area contributed by atoms with E-state index in [1.54, 1.807) is 54.6 Å². The highest BCUT2D eigenvalue weighted by molar-refractivity contribution is 5.98. The first kappa shape index (κ1) is 34.7. The lowest BCUT2D eigenvalue weighted by atomic mass is 10.0. The number of benzene rings is 4. The quantitative estimate of drug-likeness (QED) is 0.155. The summed E-state index contributed by atoms with van der Waals surface area (Å²) >= 11 is 0. The van der Waals surface area contributed by atoms with Crippen LogP contribution in [0.15, 0.2) is 103 Å². The fraction of sp³-hybridized carbons (Fsp3) is 0.250. The van der Waals surface area contributed by atoms with E-state index in [9.17, 15) is 27.6 Å². The van der Waals surface area contributed by atoms with E-state index in [1.165, 1.54) is 12.1 Å². The monoisotopic (exact) mass is 646 g/mol. The molecule has 0 aliphatic carbocycles. The van der Waals surface area contributed by atoms with Gasteiger partial charge in [-0.1, -0.05) is 66.7 Å². The number of amides is 3. The van der Waals surface area contributed by atoms with Gasteiger partial charge in [0.2, 0.25) is 11.8 Å². The third-order valence-electron chi connectivity index (χ3n) is 7.41. The predicted octanol–water partition coefficient (Wildman–Crippen LogP) is 4.95. The lowest BCUT2D eigenvalue weighted by Gasteiger charge is -2.24. The summed E-state index contributed by atoms with van der Waals surface area (Å²) in [7, 11) is 0. The van der Waals surface area contributed by atoms with Gasteiger partial charge >= 0.3 is 6.18 Å². The van der Waals surface area contributed by atoms with Crippen molar-refractivity contribution in [3.8, 4) is 5.75 Å². The molecule has 246 valence electrons.